The Hall–Kier alpha value is -0.540. The van der Waals surface area contributed by atoms with Crippen LogP contribution in [-0.2, 0) is 0 Å². The molecule has 90 valence electrons. The molecule has 0 spiro atoms. The molecule has 1 N–H and O–H groups in total. The van der Waals surface area contributed by atoms with Gasteiger partial charge in [0.25, 0.3) is 0 Å². The van der Waals surface area contributed by atoms with Crippen molar-refractivity contribution in [3.05, 3.63) is 16.3 Å². The van der Waals surface area contributed by atoms with Gasteiger partial charge in [-0.3, -0.25) is 0 Å². The Labute approximate surface area is 102 Å². The van der Waals surface area contributed by atoms with Gasteiger partial charge in [-0.25, -0.2) is 0 Å². The molecule has 1 aromatic rings. The molecule has 3 heteroatoms. The summed E-state index contributed by atoms with van der Waals surface area (Å²) < 4.78 is 5.24. The van der Waals surface area contributed by atoms with Crippen LogP contribution in [0.5, 0.6) is 5.75 Å². The first-order valence-electron chi connectivity index (χ1n) is 6.19. The lowest BCUT2D eigenvalue weighted by atomic mass is 10.1. The number of nitrogens with one attached hydrogen (secondary N) is 1. The zero-order valence-corrected chi connectivity index (χ0v) is 11.0. The van der Waals surface area contributed by atoms with E-state index in [4.69, 9.17) is 4.74 Å². The average molecular weight is 239 g/mol. The maximum atomic E-state index is 5.24. The summed E-state index contributed by atoms with van der Waals surface area (Å²) >= 11 is 1.81. The smallest absolute Gasteiger partial charge is 0.129 e. The van der Waals surface area contributed by atoms with E-state index in [9.17, 15) is 0 Å². The predicted octanol–water partition coefficient (Wildman–Crippen LogP) is 3.60. The number of hydrogen-bond donors (Lipinski definition) is 1. The van der Waals surface area contributed by atoms with Crippen molar-refractivity contribution in [3.8, 4) is 5.75 Å². The number of rotatable bonds is 7. The van der Waals surface area contributed by atoms with Crippen LogP contribution in [-0.4, -0.2) is 13.7 Å². The number of hydrogen-bond acceptors (Lipinski definition) is 3. The summed E-state index contributed by atoms with van der Waals surface area (Å²) in [6.07, 6.45) is 5.54. The molecule has 2 rings (SSSR count). The third-order valence-electron chi connectivity index (χ3n) is 3.19. The lowest BCUT2D eigenvalue weighted by Gasteiger charge is -2.15. The number of methoxy groups -OCH3 is 1. The van der Waals surface area contributed by atoms with Crippen molar-refractivity contribution in [1.82, 2.24) is 5.32 Å². The van der Waals surface area contributed by atoms with Crippen LogP contribution in [0.4, 0.5) is 0 Å². The van der Waals surface area contributed by atoms with Crippen molar-refractivity contribution >= 4 is 11.3 Å². The summed E-state index contributed by atoms with van der Waals surface area (Å²) in [4.78, 5) is 1.42. The molecular weight excluding hydrogens is 218 g/mol. The second kappa shape index (κ2) is 5.69. The predicted molar refractivity (Wildman–Crippen MR) is 69.2 cm³/mol. The molecule has 2 nitrogen and oxygen atoms in total. The Morgan fingerprint density at radius 1 is 1.56 bits per heavy atom. The molecule has 16 heavy (non-hydrogen) atoms. The quantitative estimate of drug-likeness (QED) is 0.785. The summed E-state index contributed by atoms with van der Waals surface area (Å²) in [6, 6.07) is 2.70. The van der Waals surface area contributed by atoms with Crippen LogP contribution >= 0.6 is 11.3 Å². The van der Waals surface area contributed by atoms with E-state index in [1.165, 1.54) is 30.6 Å². The van der Waals surface area contributed by atoms with E-state index >= 15 is 0 Å². The fourth-order valence-corrected chi connectivity index (χ4v) is 2.99. The van der Waals surface area contributed by atoms with E-state index in [-0.39, 0.29) is 0 Å². The molecule has 1 fully saturated rings. The summed E-state index contributed by atoms with van der Waals surface area (Å²) in [5.41, 5.74) is 0. The first-order valence-corrected chi connectivity index (χ1v) is 7.07. The van der Waals surface area contributed by atoms with Crippen molar-refractivity contribution in [2.45, 2.75) is 38.6 Å². The van der Waals surface area contributed by atoms with Crippen LogP contribution in [0, 0.1) is 5.92 Å². The molecule has 0 radical (unpaired) electrons. The van der Waals surface area contributed by atoms with E-state index in [1.807, 2.05) is 0 Å². The van der Waals surface area contributed by atoms with Gasteiger partial charge in [-0.1, -0.05) is 19.8 Å². The zero-order chi connectivity index (χ0) is 11.4. The van der Waals surface area contributed by atoms with Gasteiger partial charge in [-0.2, -0.15) is 0 Å². The number of thiophene rings is 1. The van der Waals surface area contributed by atoms with Crippen LogP contribution in [0.25, 0.3) is 0 Å². The third kappa shape index (κ3) is 3.22. The van der Waals surface area contributed by atoms with Crippen LogP contribution < -0.4 is 10.1 Å². The highest BCUT2D eigenvalue weighted by Crippen LogP contribution is 2.37. The molecule has 1 aliphatic carbocycles. The van der Waals surface area contributed by atoms with Crippen molar-refractivity contribution in [3.63, 3.8) is 0 Å². The molecule has 0 saturated heterocycles. The van der Waals surface area contributed by atoms with E-state index in [0.717, 1.165) is 18.2 Å². The maximum Gasteiger partial charge on any atom is 0.129 e. The van der Waals surface area contributed by atoms with Gasteiger partial charge < -0.3 is 10.1 Å². The first-order chi connectivity index (χ1) is 7.83. The summed E-state index contributed by atoms with van der Waals surface area (Å²) in [5.74, 6) is 2.01. The standard InChI is InChI=1S/C13H21NOS/c1-3-14-12(7-6-10-4-5-10)13-8-11(15-2)9-16-13/h8-10,12,14H,3-7H2,1-2H3. The van der Waals surface area contributed by atoms with Gasteiger partial charge in [-0.15, -0.1) is 11.3 Å². The first kappa shape index (κ1) is 11.9. The van der Waals surface area contributed by atoms with Gasteiger partial charge in [0.15, 0.2) is 0 Å². The fourth-order valence-electron chi connectivity index (χ4n) is 2.02. The monoisotopic (exact) mass is 239 g/mol. The van der Waals surface area contributed by atoms with Crippen molar-refractivity contribution in [2.75, 3.05) is 13.7 Å². The average Bonchev–Trinajstić information content (AvgIpc) is 3.00. The highest BCUT2D eigenvalue weighted by Gasteiger charge is 2.23. The molecule has 1 saturated carbocycles. The second-order valence-corrected chi connectivity index (χ2v) is 5.46. The highest BCUT2D eigenvalue weighted by atomic mass is 32.1. The molecular formula is C13H21NOS. The summed E-state index contributed by atoms with van der Waals surface area (Å²) in [5, 5.41) is 5.67. The molecule has 1 unspecified atom stereocenters. The Morgan fingerprint density at radius 3 is 2.94 bits per heavy atom. The molecule has 0 aliphatic heterocycles. The Bertz CT molecular complexity index is 319. The topological polar surface area (TPSA) is 21.3 Å². The zero-order valence-electron chi connectivity index (χ0n) is 10.2. The van der Waals surface area contributed by atoms with E-state index in [0.29, 0.717) is 6.04 Å². The third-order valence-corrected chi connectivity index (χ3v) is 4.21. The minimum atomic E-state index is 0.527. The highest BCUT2D eigenvalue weighted by molar-refractivity contribution is 7.10. The molecule has 0 amide bonds. The SMILES string of the molecule is CCNC(CCC1CC1)c1cc(OC)cs1. The Kier molecular flexibility index (Phi) is 4.24. The molecule has 0 bridgehead atoms. The van der Waals surface area contributed by atoms with Crippen molar-refractivity contribution in [1.29, 1.82) is 0 Å². The normalized spacial score (nSPS) is 17.4. The maximum absolute atomic E-state index is 5.24. The van der Waals surface area contributed by atoms with Crippen LogP contribution in [0.3, 0.4) is 0 Å². The summed E-state index contributed by atoms with van der Waals surface area (Å²) in [6.45, 7) is 3.21. The van der Waals surface area contributed by atoms with Gasteiger partial charge in [0, 0.05) is 16.3 Å². The minimum absolute atomic E-state index is 0.527. The van der Waals surface area contributed by atoms with Gasteiger partial charge in [-0.05, 0) is 31.4 Å². The summed E-state index contributed by atoms with van der Waals surface area (Å²) in [7, 11) is 1.73. The van der Waals surface area contributed by atoms with Crippen LogP contribution in [0.2, 0.25) is 0 Å². The van der Waals surface area contributed by atoms with E-state index in [1.54, 1.807) is 18.4 Å². The lowest BCUT2D eigenvalue weighted by Crippen LogP contribution is -2.20. The Morgan fingerprint density at radius 2 is 2.38 bits per heavy atom. The van der Waals surface area contributed by atoms with Crippen LogP contribution in [0.15, 0.2) is 11.4 Å². The van der Waals surface area contributed by atoms with Gasteiger partial charge in [0.05, 0.1) is 7.11 Å². The minimum Gasteiger partial charge on any atom is -0.496 e. The molecule has 1 aromatic heterocycles. The number of ether oxygens (including phenoxy) is 1. The van der Waals surface area contributed by atoms with Crippen molar-refractivity contribution in [2.24, 2.45) is 5.92 Å². The fraction of sp³-hybridized carbons (Fsp3) is 0.692. The lowest BCUT2D eigenvalue weighted by molar-refractivity contribution is 0.415. The van der Waals surface area contributed by atoms with E-state index < -0.39 is 0 Å². The Balaban J connectivity index is 1.92. The van der Waals surface area contributed by atoms with Crippen LogP contribution in [0.1, 0.15) is 43.5 Å². The van der Waals surface area contributed by atoms with Gasteiger partial charge >= 0.3 is 0 Å². The molecule has 1 atom stereocenters. The van der Waals surface area contributed by atoms with Gasteiger partial charge in [0.2, 0.25) is 0 Å². The largest absolute Gasteiger partial charge is 0.496 e. The second-order valence-electron chi connectivity index (χ2n) is 4.52. The van der Waals surface area contributed by atoms with E-state index in [2.05, 4.69) is 23.7 Å². The van der Waals surface area contributed by atoms with Crippen molar-refractivity contribution < 1.29 is 4.74 Å². The molecule has 0 aromatic carbocycles. The molecule has 1 aliphatic rings. The molecule has 1 heterocycles. The van der Waals surface area contributed by atoms with Gasteiger partial charge in [0.1, 0.15) is 5.75 Å².